The number of fused-ring (bicyclic) bond motifs is 1. The Balaban J connectivity index is 1.88. The van der Waals surface area contributed by atoms with E-state index in [-0.39, 0.29) is 0 Å². The van der Waals surface area contributed by atoms with Gasteiger partial charge in [0, 0.05) is 36.2 Å². The van der Waals surface area contributed by atoms with Crippen LogP contribution in [0.5, 0.6) is 0 Å². The van der Waals surface area contributed by atoms with Crippen LogP contribution in [0.3, 0.4) is 0 Å². The number of nitrogens with zero attached hydrogens (tertiary/aromatic N) is 2. The Morgan fingerprint density at radius 3 is 2.71 bits per heavy atom. The van der Waals surface area contributed by atoms with Crippen molar-refractivity contribution < 1.29 is 0 Å². The van der Waals surface area contributed by atoms with E-state index in [2.05, 4.69) is 49.0 Å². The maximum atomic E-state index is 8.93. The third-order valence-corrected chi connectivity index (χ3v) is 3.92. The first-order valence-corrected chi connectivity index (χ1v) is 7.82. The van der Waals surface area contributed by atoms with Gasteiger partial charge < -0.3 is 9.88 Å². The molecule has 0 radical (unpaired) electrons. The second-order valence-electron chi connectivity index (χ2n) is 6.22. The summed E-state index contributed by atoms with van der Waals surface area (Å²) in [5.74, 6) is 0.775. The lowest BCUT2D eigenvalue weighted by Gasteiger charge is -2.15. The summed E-state index contributed by atoms with van der Waals surface area (Å²) >= 11 is 0. The van der Waals surface area contributed by atoms with Crippen molar-refractivity contribution in [3.63, 3.8) is 0 Å². The average Bonchev–Trinajstić information content (AvgIpc) is 2.87. The maximum Gasteiger partial charge on any atom is 0.0991 e. The van der Waals surface area contributed by atoms with Crippen LogP contribution in [-0.4, -0.2) is 17.2 Å². The Labute approximate surface area is 127 Å². The molecule has 0 aliphatic rings. The minimum Gasteiger partial charge on any atom is -0.346 e. The summed E-state index contributed by atoms with van der Waals surface area (Å²) in [6.07, 6.45) is 4.61. The predicted molar refractivity (Wildman–Crippen MR) is 88.2 cm³/mol. The molecule has 0 saturated carbocycles. The van der Waals surface area contributed by atoms with Gasteiger partial charge >= 0.3 is 0 Å². The summed E-state index contributed by atoms with van der Waals surface area (Å²) in [6, 6.07) is 10.7. The zero-order valence-electron chi connectivity index (χ0n) is 13.3. The lowest BCUT2D eigenvalue weighted by atomic mass is 10.0. The topological polar surface area (TPSA) is 40.8 Å². The summed E-state index contributed by atoms with van der Waals surface area (Å²) < 4.78 is 2.25. The summed E-state index contributed by atoms with van der Waals surface area (Å²) in [4.78, 5) is 0. The van der Waals surface area contributed by atoms with Crippen molar-refractivity contribution in [2.45, 2.75) is 46.2 Å². The lowest BCUT2D eigenvalue weighted by Crippen LogP contribution is -2.29. The molecule has 3 heteroatoms. The lowest BCUT2D eigenvalue weighted by molar-refractivity contribution is 0.443. The molecule has 0 amide bonds. The van der Waals surface area contributed by atoms with Crippen LogP contribution >= 0.6 is 0 Å². The first-order valence-electron chi connectivity index (χ1n) is 7.82. The molecule has 21 heavy (non-hydrogen) atoms. The number of aromatic nitrogens is 1. The molecular weight excluding hydrogens is 258 g/mol. The highest BCUT2D eigenvalue weighted by molar-refractivity contribution is 5.81. The van der Waals surface area contributed by atoms with E-state index >= 15 is 0 Å². The SMILES string of the molecule is CC(C)CCC(C)NCCn1ccc2cc(C#N)ccc21. The molecular formula is C18H25N3. The normalized spacial score (nSPS) is 12.7. The minimum atomic E-state index is 0.569. The molecule has 1 aromatic heterocycles. The highest BCUT2D eigenvalue weighted by atomic mass is 15.0. The summed E-state index contributed by atoms with van der Waals surface area (Å²) in [5.41, 5.74) is 1.92. The molecule has 1 heterocycles. The van der Waals surface area contributed by atoms with E-state index in [1.54, 1.807) is 0 Å². The van der Waals surface area contributed by atoms with Crippen LogP contribution < -0.4 is 5.32 Å². The number of rotatable bonds is 7. The molecule has 3 nitrogen and oxygen atoms in total. The second kappa shape index (κ2) is 7.28. The molecule has 112 valence electrons. The van der Waals surface area contributed by atoms with E-state index in [1.807, 2.05) is 18.2 Å². The van der Waals surface area contributed by atoms with Gasteiger partial charge in [0.05, 0.1) is 11.6 Å². The maximum absolute atomic E-state index is 8.93. The van der Waals surface area contributed by atoms with Crippen molar-refractivity contribution in [1.82, 2.24) is 9.88 Å². The molecule has 1 unspecified atom stereocenters. The fourth-order valence-electron chi connectivity index (χ4n) is 2.58. The van der Waals surface area contributed by atoms with Crippen LogP contribution in [0.15, 0.2) is 30.5 Å². The highest BCUT2D eigenvalue weighted by Crippen LogP contribution is 2.17. The van der Waals surface area contributed by atoms with Crippen LogP contribution in [-0.2, 0) is 6.54 Å². The Kier molecular flexibility index (Phi) is 5.41. The minimum absolute atomic E-state index is 0.569. The summed E-state index contributed by atoms with van der Waals surface area (Å²) in [6.45, 7) is 8.74. The number of benzene rings is 1. The van der Waals surface area contributed by atoms with E-state index in [9.17, 15) is 0 Å². The number of nitrogens with one attached hydrogen (secondary N) is 1. The fourth-order valence-corrected chi connectivity index (χ4v) is 2.58. The molecule has 0 saturated heterocycles. The molecule has 0 bridgehead atoms. The standard InChI is InChI=1S/C18H25N3/c1-14(2)4-5-15(3)20-9-11-21-10-8-17-12-16(13-19)6-7-18(17)21/h6-8,10,12,14-15,20H,4-5,9,11H2,1-3H3. The van der Waals surface area contributed by atoms with Gasteiger partial charge in [0.1, 0.15) is 0 Å². The number of hydrogen-bond donors (Lipinski definition) is 1. The third-order valence-electron chi connectivity index (χ3n) is 3.92. The molecule has 1 atom stereocenters. The van der Waals surface area contributed by atoms with Gasteiger partial charge in [0.25, 0.3) is 0 Å². The van der Waals surface area contributed by atoms with Crippen LogP contribution in [0.25, 0.3) is 10.9 Å². The molecule has 0 fully saturated rings. The quantitative estimate of drug-likeness (QED) is 0.836. The van der Waals surface area contributed by atoms with Crippen molar-refractivity contribution in [2.75, 3.05) is 6.54 Å². The van der Waals surface area contributed by atoms with E-state index in [0.717, 1.165) is 30.0 Å². The number of nitriles is 1. The largest absolute Gasteiger partial charge is 0.346 e. The monoisotopic (exact) mass is 283 g/mol. The zero-order valence-corrected chi connectivity index (χ0v) is 13.3. The van der Waals surface area contributed by atoms with Crippen molar-refractivity contribution >= 4 is 10.9 Å². The van der Waals surface area contributed by atoms with E-state index in [4.69, 9.17) is 5.26 Å². The van der Waals surface area contributed by atoms with Crippen LogP contribution in [0, 0.1) is 17.2 Å². The molecule has 2 rings (SSSR count). The Hall–Kier alpha value is -1.79. The van der Waals surface area contributed by atoms with Gasteiger partial charge in [-0.05, 0) is 49.9 Å². The van der Waals surface area contributed by atoms with E-state index in [1.165, 1.54) is 18.4 Å². The second-order valence-corrected chi connectivity index (χ2v) is 6.22. The van der Waals surface area contributed by atoms with Crippen molar-refractivity contribution in [1.29, 1.82) is 5.26 Å². The fraction of sp³-hybridized carbons (Fsp3) is 0.500. The molecule has 0 aliphatic carbocycles. The average molecular weight is 283 g/mol. The Morgan fingerprint density at radius 1 is 1.19 bits per heavy atom. The van der Waals surface area contributed by atoms with Crippen molar-refractivity contribution in [2.24, 2.45) is 5.92 Å². The molecule has 1 aromatic carbocycles. The summed E-state index contributed by atoms with van der Waals surface area (Å²) in [7, 11) is 0. The van der Waals surface area contributed by atoms with Crippen molar-refractivity contribution in [3.8, 4) is 6.07 Å². The zero-order chi connectivity index (χ0) is 15.2. The van der Waals surface area contributed by atoms with Crippen LogP contribution in [0.4, 0.5) is 0 Å². The van der Waals surface area contributed by atoms with Crippen LogP contribution in [0.1, 0.15) is 39.2 Å². The van der Waals surface area contributed by atoms with Gasteiger partial charge in [0.2, 0.25) is 0 Å². The van der Waals surface area contributed by atoms with Gasteiger partial charge in [-0.2, -0.15) is 5.26 Å². The Morgan fingerprint density at radius 2 is 2.00 bits per heavy atom. The molecule has 2 aromatic rings. The first-order chi connectivity index (χ1) is 10.1. The van der Waals surface area contributed by atoms with Gasteiger partial charge in [-0.15, -0.1) is 0 Å². The third kappa shape index (κ3) is 4.34. The van der Waals surface area contributed by atoms with Crippen molar-refractivity contribution in [3.05, 3.63) is 36.0 Å². The van der Waals surface area contributed by atoms with E-state index in [0.29, 0.717) is 6.04 Å². The Bertz CT molecular complexity index is 619. The first kappa shape index (κ1) is 15.6. The number of hydrogen-bond acceptors (Lipinski definition) is 2. The van der Waals surface area contributed by atoms with Gasteiger partial charge in [-0.1, -0.05) is 13.8 Å². The van der Waals surface area contributed by atoms with Gasteiger partial charge in [-0.3, -0.25) is 0 Å². The molecule has 1 N–H and O–H groups in total. The summed E-state index contributed by atoms with van der Waals surface area (Å²) in [5, 5.41) is 13.7. The van der Waals surface area contributed by atoms with Gasteiger partial charge in [0.15, 0.2) is 0 Å². The molecule has 0 spiro atoms. The van der Waals surface area contributed by atoms with Gasteiger partial charge in [-0.25, -0.2) is 0 Å². The van der Waals surface area contributed by atoms with Crippen LogP contribution in [0.2, 0.25) is 0 Å². The predicted octanol–water partition coefficient (Wildman–Crippen LogP) is 3.93. The smallest absolute Gasteiger partial charge is 0.0991 e. The molecule has 0 aliphatic heterocycles. The van der Waals surface area contributed by atoms with E-state index < -0.39 is 0 Å². The highest BCUT2D eigenvalue weighted by Gasteiger charge is 2.05.